The first-order valence-corrected chi connectivity index (χ1v) is 6.05. The van der Waals surface area contributed by atoms with Crippen LogP contribution in [-0.2, 0) is 4.74 Å². The van der Waals surface area contributed by atoms with Crippen molar-refractivity contribution >= 4 is 0 Å². The first-order chi connectivity index (χ1) is 6.77. The van der Waals surface area contributed by atoms with E-state index in [9.17, 15) is 0 Å². The highest BCUT2D eigenvalue weighted by Crippen LogP contribution is 1.99. The average molecular weight is 201 g/mol. The van der Waals surface area contributed by atoms with Gasteiger partial charge in [0, 0.05) is 13.2 Å². The predicted octanol–water partition coefficient (Wildman–Crippen LogP) is 2.83. The van der Waals surface area contributed by atoms with Crippen LogP contribution < -0.4 is 5.32 Å². The molecule has 0 heterocycles. The fraction of sp³-hybridized carbons (Fsp3) is 1.00. The van der Waals surface area contributed by atoms with Crippen LogP contribution >= 0.6 is 0 Å². The van der Waals surface area contributed by atoms with Crippen LogP contribution in [0.4, 0.5) is 0 Å². The van der Waals surface area contributed by atoms with E-state index < -0.39 is 0 Å². The minimum Gasteiger partial charge on any atom is -0.381 e. The molecule has 0 bridgehead atoms. The lowest BCUT2D eigenvalue weighted by molar-refractivity contribution is 0.120. The lowest BCUT2D eigenvalue weighted by atomic mass is 10.1. The number of nitrogens with one attached hydrogen (secondary N) is 1. The summed E-state index contributed by atoms with van der Waals surface area (Å²) in [5.41, 5.74) is 0. The van der Waals surface area contributed by atoms with E-state index in [1.807, 2.05) is 0 Å². The van der Waals surface area contributed by atoms with E-state index in [-0.39, 0.29) is 0 Å². The summed E-state index contributed by atoms with van der Waals surface area (Å²) in [5.74, 6) is 0.765. The van der Waals surface area contributed by atoms with Gasteiger partial charge in [-0.25, -0.2) is 0 Å². The summed E-state index contributed by atoms with van der Waals surface area (Å²) in [6, 6.07) is 0. The Bertz CT molecular complexity index is 104. The highest BCUT2D eigenvalue weighted by atomic mass is 16.5. The Labute approximate surface area is 89.4 Å². The summed E-state index contributed by atoms with van der Waals surface area (Å²) in [6.45, 7) is 10.8. The first kappa shape index (κ1) is 13.9. The molecule has 2 nitrogen and oxygen atoms in total. The molecule has 0 fully saturated rings. The molecule has 1 N–H and O–H groups in total. The van der Waals surface area contributed by atoms with Gasteiger partial charge in [0.1, 0.15) is 0 Å². The van der Waals surface area contributed by atoms with Gasteiger partial charge in [-0.2, -0.15) is 0 Å². The van der Waals surface area contributed by atoms with E-state index in [0.29, 0.717) is 0 Å². The molecule has 0 aliphatic carbocycles. The van der Waals surface area contributed by atoms with Gasteiger partial charge in [-0.1, -0.05) is 20.8 Å². The summed E-state index contributed by atoms with van der Waals surface area (Å²) in [4.78, 5) is 0. The van der Waals surface area contributed by atoms with E-state index in [4.69, 9.17) is 4.74 Å². The van der Waals surface area contributed by atoms with Crippen LogP contribution in [0.15, 0.2) is 0 Å². The van der Waals surface area contributed by atoms with Gasteiger partial charge in [0.2, 0.25) is 0 Å². The zero-order valence-electron chi connectivity index (χ0n) is 10.1. The highest BCUT2D eigenvalue weighted by Gasteiger charge is 1.93. The average Bonchev–Trinajstić information content (AvgIpc) is 2.15. The number of rotatable bonds is 10. The van der Waals surface area contributed by atoms with Crippen molar-refractivity contribution < 1.29 is 4.74 Å². The summed E-state index contributed by atoms with van der Waals surface area (Å²) < 4.78 is 5.52. The Kier molecular flexibility index (Phi) is 10.9. The second kappa shape index (κ2) is 11.0. The molecule has 0 aliphatic rings. The maximum absolute atomic E-state index is 5.52. The molecule has 2 heteroatoms. The molecule has 0 amide bonds. The molecule has 0 rings (SSSR count). The quantitative estimate of drug-likeness (QED) is 0.549. The zero-order valence-corrected chi connectivity index (χ0v) is 10.1. The van der Waals surface area contributed by atoms with E-state index in [2.05, 4.69) is 26.1 Å². The summed E-state index contributed by atoms with van der Waals surface area (Å²) in [6.07, 6.45) is 4.84. The Morgan fingerprint density at radius 1 is 1.07 bits per heavy atom. The van der Waals surface area contributed by atoms with Crippen molar-refractivity contribution in [3.63, 3.8) is 0 Å². The topological polar surface area (TPSA) is 21.3 Å². The Morgan fingerprint density at radius 2 is 1.86 bits per heavy atom. The normalized spacial score (nSPS) is 11.1. The van der Waals surface area contributed by atoms with Crippen LogP contribution in [0.5, 0.6) is 0 Å². The third-order valence-electron chi connectivity index (χ3n) is 2.16. The van der Waals surface area contributed by atoms with Crippen molar-refractivity contribution in [2.24, 2.45) is 5.92 Å². The SMILES string of the molecule is CCCNCCCCOCCC(C)C. The molecular weight excluding hydrogens is 174 g/mol. The zero-order chi connectivity index (χ0) is 10.6. The lowest BCUT2D eigenvalue weighted by Crippen LogP contribution is -2.16. The smallest absolute Gasteiger partial charge is 0.0468 e. The van der Waals surface area contributed by atoms with Crippen LogP contribution in [-0.4, -0.2) is 26.3 Å². The van der Waals surface area contributed by atoms with Gasteiger partial charge in [0.05, 0.1) is 0 Å². The fourth-order valence-corrected chi connectivity index (χ4v) is 1.18. The first-order valence-electron chi connectivity index (χ1n) is 6.05. The number of hydrogen-bond acceptors (Lipinski definition) is 2. The molecule has 0 spiro atoms. The van der Waals surface area contributed by atoms with Crippen LogP contribution in [0.1, 0.15) is 46.5 Å². The molecule has 0 aromatic carbocycles. The van der Waals surface area contributed by atoms with E-state index >= 15 is 0 Å². The minimum atomic E-state index is 0.765. The summed E-state index contributed by atoms with van der Waals surface area (Å²) in [5, 5.41) is 3.39. The molecule has 0 aliphatic heterocycles. The second-order valence-electron chi connectivity index (χ2n) is 4.25. The molecule has 0 saturated heterocycles. The number of unbranched alkanes of at least 4 members (excludes halogenated alkanes) is 1. The van der Waals surface area contributed by atoms with Crippen molar-refractivity contribution in [2.45, 2.75) is 46.5 Å². The van der Waals surface area contributed by atoms with Crippen LogP contribution in [0.2, 0.25) is 0 Å². The van der Waals surface area contributed by atoms with Gasteiger partial charge in [0.25, 0.3) is 0 Å². The van der Waals surface area contributed by atoms with Gasteiger partial charge in [-0.3, -0.25) is 0 Å². The van der Waals surface area contributed by atoms with Gasteiger partial charge < -0.3 is 10.1 Å². The number of hydrogen-bond donors (Lipinski definition) is 1. The largest absolute Gasteiger partial charge is 0.381 e. The molecule has 0 aromatic heterocycles. The number of ether oxygens (including phenoxy) is 1. The van der Waals surface area contributed by atoms with E-state index in [1.165, 1.54) is 25.7 Å². The third kappa shape index (κ3) is 11.9. The van der Waals surface area contributed by atoms with E-state index in [0.717, 1.165) is 32.2 Å². The summed E-state index contributed by atoms with van der Waals surface area (Å²) in [7, 11) is 0. The predicted molar refractivity (Wildman–Crippen MR) is 62.7 cm³/mol. The monoisotopic (exact) mass is 201 g/mol. The Morgan fingerprint density at radius 3 is 2.50 bits per heavy atom. The van der Waals surface area contributed by atoms with Crippen molar-refractivity contribution in [1.82, 2.24) is 5.32 Å². The maximum Gasteiger partial charge on any atom is 0.0468 e. The summed E-state index contributed by atoms with van der Waals surface area (Å²) >= 11 is 0. The molecule has 0 aromatic rings. The van der Waals surface area contributed by atoms with Crippen LogP contribution in [0.3, 0.4) is 0 Å². The van der Waals surface area contributed by atoms with Gasteiger partial charge in [0.15, 0.2) is 0 Å². The molecule has 86 valence electrons. The van der Waals surface area contributed by atoms with Crippen molar-refractivity contribution in [3.05, 3.63) is 0 Å². The van der Waals surface area contributed by atoms with Crippen LogP contribution in [0.25, 0.3) is 0 Å². The standard InChI is InChI=1S/C12H27NO/c1-4-8-13-9-5-6-10-14-11-7-12(2)3/h12-13H,4-11H2,1-3H3. The Hall–Kier alpha value is -0.0800. The third-order valence-corrected chi connectivity index (χ3v) is 2.16. The fourth-order valence-electron chi connectivity index (χ4n) is 1.18. The van der Waals surface area contributed by atoms with Crippen LogP contribution in [0, 0.1) is 5.92 Å². The second-order valence-corrected chi connectivity index (χ2v) is 4.25. The van der Waals surface area contributed by atoms with Crippen molar-refractivity contribution in [1.29, 1.82) is 0 Å². The molecule has 0 atom stereocenters. The van der Waals surface area contributed by atoms with Gasteiger partial charge >= 0.3 is 0 Å². The molecule has 0 unspecified atom stereocenters. The van der Waals surface area contributed by atoms with Crippen molar-refractivity contribution in [3.8, 4) is 0 Å². The van der Waals surface area contributed by atoms with Crippen molar-refractivity contribution in [2.75, 3.05) is 26.3 Å². The molecule has 0 saturated carbocycles. The van der Waals surface area contributed by atoms with Gasteiger partial charge in [-0.05, 0) is 44.7 Å². The minimum absolute atomic E-state index is 0.765. The Balaban J connectivity index is 2.85. The van der Waals surface area contributed by atoms with E-state index in [1.54, 1.807) is 0 Å². The molecule has 0 radical (unpaired) electrons. The molecule has 14 heavy (non-hydrogen) atoms. The maximum atomic E-state index is 5.52. The molecular formula is C12H27NO. The lowest BCUT2D eigenvalue weighted by Gasteiger charge is -2.06. The highest BCUT2D eigenvalue weighted by molar-refractivity contribution is 4.47. The van der Waals surface area contributed by atoms with Gasteiger partial charge in [-0.15, -0.1) is 0 Å².